The van der Waals surface area contributed by atoms with E-state index in [-0.39, 0.29) is 0 Å². The molecule has 17 heavy (non-hydrogen) atoms. The summed E-state index contributed by atoms with van der Waals surface area (Å²) in [4.78, 5) is 0. The summed E-state index contributed by atoms with van der Waals surface area (Å²) >= 11 is 0. The highest BCUT2D eigenvalue weighted by Crippen LogP contribution is 2.28. The van der Waals surface area contributed by atoms with Crippen LogP contribution in [0.15, 0.2) is 35.6 Å². The lowest BCUT2D eigenvalue weighted by Gasteiger charge is -2.03. The zero-order valence-corrected chi connectivity index (χ0v) is 12.7. The monoisotopic (exact) mass is 238 g/mol. The van der Waals surface area contributed by atoms with Crippen molar-refractivity contribution in [2.75, 3.05) is 0 Å². The van der Waals surface area contributed by atoms with Crippen LogP contribution in [0.3, 0.4) is 0 Å². The molecule has 2 aliphatic rings. The number of hydrogen-bond acceptors (Lipinski definition) is 1. The molecule has 0 aromatic heterocycles. The molecule has 1 aliphatic carbocycles. The van der Waals surface area contributed by atoms with Gasteiger partial charge in [0.2, 0.25) is 0 Å². The molecule has 100 valence electrons. The molecule has 1 heteroatoms. The maximum atomic E-state index is 5.59. The van der Waals surface area contributed by atoms with Gasteiger partial charge in [-0.05, 0) is 25.0 Å². The average molecular weight is 238 g/mol. The molecule has 1 unspecified atom stereocenters. The Labute approximate surface area is 108 Å². The van der Waals surface area contributed by atoms with Crippen molar-refractivity contribution in [2.45, 2.75) is 67.4 Å². The lowest BCUT2D eigenvalue weighted by Crippen LogP contribution is -1.97. The number of ether oxygens (including phenoxy) is 1. The molecule has 0 N–H and O–H groups in total. The van der Waals surface area contributed by atoms with Crippen LogP contribution in [0.1, 0.15) is 61.3 Å². The summed E-state index contributed by atoms with van der Waals surface area (Å²) < 4.78 is 5.59. The van der Waals surface area contributed by atoms with Crippen LogP contribution >= 0.6 is 0 Å². The summed E-state index contributed by atoms with van der Waals surface area (Å²) in [5.74, 6) is 1.08. The van der Waals surface area contributed by atoms with Crippen LogP contribution in [0.25, 0.3) is 0 Å². The van der Waals surface area contributed by atoms with E-state index < -0.39 is 0 Å². The van der Waals surface area contributed by atoms with Gasteiger partial charge >= 0.3 is 0 Å². The van der Waals surface area contributed by atoms with Crippen molar-refractivity contribution in [3.63, 3.8) is 0 Å². The van der Waals surface area contributed by atoms with E-state index in [1.165, 1.54) is 5.57 Å². The molecule has 0 amide bonds. The van der Waals surface area contributed by atoms with Gasteiger partial charge in [0.15, 0.2) is 0 Å². The maximum Gasteiger partial charge on any atom is 0.122 e. The van der Waals surface area contributed by atoms with Gasteiger partial charge in [-0.3, -0.25) is 0 Å². The second-order valence-corrected chi connectivity index (χ2v) is 3.06. The zero-order valence-electron chi connectivity index (χ0n) is 12.7. The molecule has 0 fully saturated rings. The van der Waals surface area contributed by atoms with Crippen LogP contribution in [-0.4, -0.2) is 6.10 Å². The minimum Gasteiger partial charge on any atom is -0.490 e. The van der Waals surface area contributed by atoms with Gasteiger partial charge in [0, 0.05) is 6.42 Å². The van der Waals surface area contributed by atoms with Gasteiger partial charge in [-0.2, -0.15) is 0 Å². The van der Waals surface area contributed by atoms with E-state index in [0.29, 0.717) is 6.10 Å². The Morgan fingerprint density at radius 3 is 2.06 bits per heavy atom. The third kappa shape index (κ3) is 7.04. The first-order valence-electron chi connectivity index (χ1n) is 7.09. The first-order chi connectivity index (χ1) is 8.36. The van der Waals surface area contributed by atoms with Crippen LogP contribution in [0.2, 0.25) is 0 Å². The van der Waals surface area contributed by atoms with Crippen molar-refractivity contribution in [3.8, 4) is 0 Å². The highest BCUT2D eigenvalue weighted by Gasteiger charge is 2.18. The fourth-order valence-electron chi connectivity index (χ4n) is 1.50. The van der Waals surface area contributed by atoms with E-state index in [2.05, 4.69) is 31.2 Å². The van der Waals surface area contributed by atoms with E-state index in [1.807, 2.05) is 41.5 Å². The number of rotatable bonds is 0. The summed E-state index contributed by atoms with van der Waals surface area (Å²) in [7, 11) is 0. The molecule has 0 saturated heterocycles. The SMILES string of the molecule is CC.CC.CC.CC1CC2=C(C=CCC=C2)O1. The molecule has 1 atom stereocenters. The Balaban J connectivity index is 0. The van der Waals surface area contributed by atoms with E-state index in [9.17, 15) is 0 Å². The van der Waals surface area contributed by atoms with E-state index >= 15 is 0 Å². The predicted octanol–water partition coefficient (Wildman–Crippen LogP) is 5.64. The van der Waals surface area contributed by atoms with E-state index in [0.717, 1.165) is 18.6 Å². The molecule has 0 spiro atoms. The van der Waals surface area contributed by atoms with Gasteiger partial charge in [0.25, 0.3) is 0 Å². The fourth-order valence-corrected chi connectivity index (χ4v) is 1.50. The standard InChI is InChI=1S/C10H12O.3C2H6/c1-8-7-9-5-3-2-4-6-10(9)11-8;3*1-2/h3-6,8H,2,7H2,1H3;3*1-2H3. The summed E-state index contributed by atoms with van der Waals surface area (Å²) in [6, 6.07) is 0. The lowest BCUT2D eigenvalue weighted by atomic mass is 10.1. The molecular weight excluding hydrogens is 208 g/mol. The Kier molecular flexibility index (Phi) is 14.2. The number of hydrogen-bond donors (Lipinski definition) is 0. The summed E-state index contributed by atoms with van der Waals surface area (Å²) in [5.41, 5.74) is 1.35. The first kappa shape index (κ1) is 18.4. The van der Waals surface area contributed by atoms with Crippen LogP contribution in [0.5, 0.6) is 0 Å². The van der Waals surface area contributed by atoms with Crippen molar-refractivity contribution >= 4 is 0 Å². The van der Waals surface area contributed by atoms with E-state index in [4.69, 9.17) is 4.74 Å². The van der Waals surface area contributed by atoms with Crippen LogP contribution in [0, 0.1) is 0 Å². The van der Waals surface area contributed by atoms with Crippen molar-refractivity contribution in [2.24, 2.45) is 0 Å². The van der Waals surface area contributed by atoms with Crippen LogP contribution in [0.4, 0.5) is 0 Å². The van der Waals surface area contributed by atoms with Crippen molar-refractivity contribution < 1.29 is 4.74 Å². The second-order valence-electron chi connectivity index (χ2n) is 3.06. The van der Waals surface area contributed by atoms with Gasteiger partial charge in [0.1, 0.15) is 11.9 Å². The highest BCUT2D eigenvalue weighted by atomic mass is 16.5. The summed E-state index contributed by atoms with van der Waals surface area (Å²) in [6.45, 7) is 14.1. The topological polar surface area (TPSA) is 9.23 Å². The van der Waals surface area contributed by atoms with Crippen molar-refractivity contribution in [1.29, 1.82) is 0 Å². The van der Waals surface area contributed by atoms with Gasteiger partial charge in [-0.15, -0.1) is 0 Å². The minimum atomic E-state index is 0.368. The maximum absolute atomic E-state index is 5.59. The smallest absolute Gasteiger partial charge is 0.122 e. The Morgan fingerprint density at radius 1 is 0.941 bits per heavy atom. The molecule has 1 nitrogen and oxygen atoms in total. The predicted molar refractivity (Wildman–Crippen MR) is 79.1 cm³/mol. The molecule has 0 saturated carbocycles. The fraction of sp³-hybridized carbons (Fsp3) is 0.625. The van der Waals surface area contributed by atoms with Crippen molar-refractivity contribution in [3.05, 3.63) is 35.6 Å². The Morgan fingerprint density at radius 2 is 1.47 bits per heavy atom. The molecule has 0 aromatic carbocycles. The molecule has 1 aliphatic heterocycles. The first-order valence-corrected chi connectivity index (χ1v) is 7.09. The van der Waals surface area contributed by atoms with E-state index in [1.54, 1.807) is 0 Å². The van der Waals surface area contributed by atoms with Gasteiger partial charge in [-0.1, -0.05) is 59.8 Å². The molecule has 0 bridgehead atoms. The van der Waals surface area contributed by atoms with Crippen LogP contribution in [-0.2, 0) is 4.74 Å². The highest BCUT2D eigenvalue weighted by molar-refractivity contribution is 5.35. The average Bonchev–Trinajstić information content (AvgIpc) is 2.63. The third-order valence-corrected chi connectivity index (χ3v) is 2.01. The third-order valence-electron chi connectivity index (χ3n) is 2.01. The summed E-state index contributed by atoms with van der Waals surface area (Å²) in [6.07, 6.45) is 11.0. The van der Waals surface area contributed by atoms with Gasteiger partial charge in [-0.25, -0.2) is 0 Å². The normalized spacial score (nSPS) is 19.4. The molecule has 2 rings (SSSR count). The second kappa shape index (κ2) is 13.1. The quantitative estimate of drug-likeness (QED) is 0.530. The zero-order chi connectivity index (χ0) is 13.7. The summed E-state index contributed by atoms with van der Waals surface area (Å²) in [5, 5.41) is 0. The molecule has 0 aromatic rings. The number of allylic oxidation sites excluding steroid dienone is 4. The minimum absolute atomic E-state index is 0.368. The van der Waals surface area contributed by atoms with Crippen molar-refractivity contribution in [1.82, 2.24) is 0 Å². The molecule has 1 heterocycles. The Bertz CT molecular complexity index is 222. The van der Waals surface area contributed by atoms with Gasteiger partial charge in [0.05, 0.1) is 0 Å². The molecule has 0 radical (unpaired) electrons. The lowest BCUT2D eigenvalue weighted by molar-refractivity contribution is 0.169. The Hall–Kier alpha value is -0.980. The largest absolute Gasteiger partial charge is 0.490 e. The molecular formula is C16H30O. The van der Waals surface area contributed by atoms with Gasteiger partial charge < -0.3 is 4.74 Å². The van der Waals surface area contributed by atoms with Crippen LogP contribution < -0.4 is 0 Å².